The number of anilines is 2. The van der Waals surface area contributed by atoms with Gasteiger partial charge in [-0.25, -0.2) is 13.1 Å². The fourth-order valence-corrected chi connectivity index (χ4v) is 5.34. The molecule has 1 aromatic heterocycles. The van der Waals surface area contributed by atoms with Crippen molar-refractivity contribution < 1.29 is 13.2 Å². The molecular formula is C18H19N5O3S3. The van der Waals surface area contributed by atoms with Crippen LogP contribution in [-0.2, 0) is 14.8 Å². The second-order valence-electron chi connectivity index (χ2n) is 5.83. The Balaban J connectivity index is 1.79. The maximum absolute atomic E-state index is 13.0. The molecule has 4 N–H and O–H groups in total. The Hall–Kier alpha value is -2.47. The molecule has 1 heterocycles. The summed E-state index contributed by atoms with van der Waals surface area (Å²) >= 11 is 2.46. The molecule has 0 bridgehead atoms. The molecule has 1 atom stereocenters. The van der Waals surface area contributed by atoms with Gasteiger partial charge in [-0.05, 0) is 29.8 Å². The highest BCUT2D eigenvalue weighted by atomic mass is 32.2. The van der Waals surface area contributed by atoms with E-state index in [1.165, 1.54) is 35.2 Å². The zero-order chi connectivity index (χ0) is 20.9. The summed E-state index contributed by atoms with van der Waals surface area (Å²) in [5.41, 5.74) is 6.93. The average molecular weight is 450 g/mol. The molecule has 152 valence electrons. The van der Waals surface area contributed by atoms with Gasteiger partial charge in [0, 0.05) is 12.2 Å². The number of aromatic nitrogens is 2. The predicted octanol–water partition coefficient (Wildman–Crippen LogP) is 2.89. The number of nitrogens with two attached hydrogens (primary N) is 1. The number of rotatable bonds is 8. The average Bonchev–Trinajstić information content (AvgIpc) is 3.12. The van der Waals surface area contributed by atoms with Crippen molar-refractivity contribution in [2.24, 2.45) is 0 Å². The van der Waals surface area contributed by atoms with Crippen LogP contribution in [0, 0.1) is 0 Å². The minimum absolute atomic E-state index is 0.135. The van der Waals surface area contributed by atoms with Gasteiger partial charge in [0.2, 0.25) is 21.1 Å². The van der Waals surface area contributed by atoms with Crippen molar-refractivity contribution in [3.63, 3.8) is 0 Å². The zero-order valence-corrected chi connectivity index (χ0v) is 17.9. The Morgan fingerprint density at radius 3 is 2.41 bits per heavy atom. The van der Waals surface area contributed by atoms with Gasteiger partial charge >= 0.3 is 0 Å². The third-order valence-corrected chi connectivity index (χ3v) is 7.40. The van der Waals surface area contributed by atoms with Gasteiger partial charge in [-0.2, -0.15) is 0 Å². The molecule has 0 spiro atoms. The molecular weight excluding hydrogens is 430 g/mol. The number of nitrogen functional groups attached to an aromatic ring is 1. The van der Waals surface area contributed by atoms with Crippen LogP contribution < -0.4 is 15.8 Å². The lowest BCUT2D eigenvalue weighted by Gasteiger charge is -2.16. The molecule has 1 amide bonds. The molecule has 0 saturated heterocycles. The Labute approximate surface area is 177 Å². The van der Waals surface area contributed by atoms with E-state index in [9.17, 15) is 13.2 Å². The SMILES string of the molecule is CCNS(=O)(=O)c1ccc(NC(=O)[C@H](Sc2nnc(N)s2)c2ccccc2)cc1. The topological polar surface area (TPSA) is 127 Å². The first kappa shape index (κ1) is 21.2. The summed E-state index contributed by atoms with van der Waals surface area (Å²) in [7, 11) is -3.55. The van der Waals surface area contributed by atoms with Gasteiger partial charge in [-0.1, -0.05) is 60.4 Å². The molecule has 11 heteroatoms. The number of amides is 1. The minimum Gasteiger partial charge on any atom is -0.374 e. The highest BCUT2D eigenvalue weighted by molar-refractivity contribution is 8.02. The Morgan fingerprint density at radius 2 is 1.83 bits per heavy atom. The highest BCUT2D eigenvalue weighted by Crippen LogP contribution is 2.38. The van der Waals surface area contributed by atoms with Crippen LogP contribution in [-0.4, -0.2) is 31.1 Å². The number of sulfonamides is 1. The third-order valence-electron chi connectivity index (χ3n) is 3.75. The first-order valence-electron chi connectivity index (χ1n) is 8.60. The number of hydrogen-bond donors (Lipinski definition) is 3. The lowest BCUT2D eigenvalue weighted by atomic mass is 10.1. The quantitative estimate of drug-likeness (QED) is 0.451. The summed E-state index contributed by atoms with van der Waals surface area (Å²) in [5.74, 6) is -0.266. The van der Waals surface area contributed by atoms with Gasteiger partial charge < -0.3 is 11.1 Å². The normalized spacial score (nSPS) is 12.4. The summed E-state index contributed by atoms with van der Waals surface area (Å²) in [6, 6.07) is 15.3. The van der Waals surface area contributed by atoms with Crippen LogP contribution >= 0.6 is 23.1 Å². The smallest absolute Gasteiger partial charge is 0.242 e. The molecule has 3 rings (SSSR count). The van der Waals surface area contributed by atoms with E-state index in [1.54, 1.807) is 19.1 Å². The van der Waals surface area contributed by atoms with Crippen LogP contribution in [0.15, 0.2) is 63.8 Å². The Bertz CT molecular complexity index is 1070. The van der Waals surface area contributed by atoms with E-state index in [2.05, 4.69) is 20.2 Å². The fourth-order valence-electron chi connectivity index (χ4n) is 2.47. The van der Waals surface area contributed by atoms with Crippen LogP contribution in [0.4, 0.5) is 10.8 Å². The maximum atomic E-state index is 13.0. The molecule has 0 saturated carbocycles. The van der Waals surface area contributed by atoms with Gasteiger partial charge in [0.15, 0.2) is 4.34 Å². The van der Waals surface area contributed by atoms with Gasteiger partial charge in [0.25, 0.3) is 0 Å². The van der Waals surface area contributed by atoms with E-state index in [0.717, 1.165) is 5.56 Å². The summed E-state index contributed by atoms with van der Waals surface area (Å²) in [4.78, 5) is 13.1. The van der Waals surface area contributed by atoms with Crippen molar-refractivity contribution in [2.45, 2.75) is 21.4 Å². The van der Waals surface area contributed by atoms with Crippen molar-refractivity contribution in [2.75, 3.05) is 17.6 Å². The Kier molecular flexibility index (Phi) is 6.85. The largest absolute Gasteiger partial charge is 0.374 e. The van der Waals surface area contributed by atoms with Crippen LogP contribution in [0.5, 0.6) is 0 Å². The summed E-state index contributed by atoms with van der Waals surface area (Å²) in [6.07, 6.45) is 0. The van der Waals surface area contributed by atoms with E-state index in [-0.39, 0.29) is 10.8 Å². The maximum Gasteiger partial charge on any atom is 0.242 e. The zero-order valence-electron chi connectivity index (χ0n) is 15.4. The highest BCUT2D eigenvalue weighted by Gasteiger charge is 2.24. The van der Waals surface area contributed by atoms with E-state index in [1.807, 2.05) is 30.3 Å². The first-order valence-corrected chi connectivity index (χ1v) is 11.8. The van der Waals surface area contributed by atoms with E-state index in [0.29, 0.717) is 21.7 Å². The van der Waals surface area contributed by atoms with Crippen molar-refractivity contribution >= 4 is 49.8 Å². The summed E-state index contributed by atoms with van der Waals surface area (Å²) < 4.78 is 27.1. The number of nitrogens with zero attached hydrogens (tertiary/aromatic N) is 2. The van der Waals surface area contributed by atoms with Crippen LogP contribution in [0.3, 0.4) is 0 Å². The summed E-state index contributed by atoms with van der Waals surface area (Å²) in [6.45, 7) is 2.01. The van der Waals surface area contributed by atoms with Gasteiger partial charge in [-0.3, -0.25) is 4.79 Å². The van der Waals surface area contributed by atoms with Crippen molar-refractivity contribution in [1.82, 2.24) is 14.9 Å². The molecule has 29 heavy (non-hydrogen) atoms. The predicted molar refractivity (Wildman–Crippen MR) is 115 cm³/mol. The molecule has 0 aliphatic rings. The number of carbonyl (C=O) groups excluding carboxylic acids is 1. The van der Waals surface area contributed by atoms with Crippen molar-refractivity contribution in [1.29, 1.82) is 0 Å². The lowest BCUT2D eigenvalue weighted by molar-refractivity contribution is -0.115. The molecule has 2 aromatic carbocycles. The number of thioether (sulfide) groups is 1. The van der Waals surface area contributed by atoms with Crippen LogP contribution in [0.2, 0.25) is 0 Å². The number of carbonyl (C=O) groups is 1. The monoisotopic (exact) mass is 449 g/mol. The fraction of sp³-hybridized carbons (Fsp3) is 0.167. The molecule has 0 radical (unpaired) electrons. The van der Waals surface area contributed by atoms with Gasteiger partial charge in [0.05, 0.1) is 4.90 Å². The van der Waals surface area contributed by atoms with Crippen molar-refractivity contribution in [3.05, 3.63) is 60.2 Å². The molecule has 0 unspecified atom stereocenters. The lowest BCUT2D eigenvalue weighted by Crippen LogP contribution is -2.23. The second kappa shape index (κ2) is 9.35. The molecule has 0 fully saturated rings. The third kappa shape index (κ3) is 5.54. The minimum atomic E-state index is -3.55. The summed E-state index contributed by atoms with van der Waals surface area (Å²) in [5, 5.41) is 10.3. The van der Waals surface area contributed by atoms with Crippen molar-refractivity contribution in [3.8, 4) is 0 Å². The molecule has 0 aliphatic heterocycles. The first-order chi connectivity index (χ1) is 13.9. The standard InChI is InChI=1S/C18H19N5O3S3/c1-2-20-29(25,26)14-10-8-13(9-11-14)21-16(24)15(12-6-4-3-5-7-12)27-18-23-22-17(19)28-18/h3-11,15,20H,2H2,1H3,(H2,19,22)(H,21,24)/t15-/m1/s1. The molecule has 3 aromatic rings. The second-order valence-corrected chi connectivity index (χ2v) is 9.96. The Morgan fingerprint density at radius 1 is 1.14 bits per heavy atom. The van der Waals surface area contributed by atoms with E-state index in [4.69, 9.17) is 5.73 Å². The number of benzene rings is 2. The van der Waals surface area contributed by atoms with Gasteiger partial charge in [0.1, 0.15) is 5.25 Å². The van der Waals surface area contributed by atoms with E-state index < -0.39 is 15.3 Å². The van der Waals surface area contributed by atoms with E-state index >= 15 is 0 Å². The van der Waals surface area contributed by atoms with Gasteiger partial charge in [-0.15, -0.1) is 10.2 Å². The molecule has 8 nitrogen and oxygen atoms in total. The number of hydrogen-bond acceptors (Lipinski definition) is 8. The number of nitrogens with one attached hydrogen (secondary N) is 2. The molecule has 0 aliphatic carbocycles. The van der Waals surface area contributed by atoms with Crippen LogP contribution in [0.1, 0.15) is 17.7 Å². The van der Waals surface area contributed by atoms with Crippen LogP contribution in [0.25, 0.3) is 0 Å².